The number of rotatable bonds is 6. The number of nitrogens with one attached hydrogen (secondary N) is 2. The monoisotopic (exact) mass is 360 g/mol. The summed E-state index contributed by atoms with van der Waals surface area (Å²) in [5.74, 6) is -0.459. The van der Waals surface area contributed by atoms with Crippen LogP contribution in [0.5, 0.6) is 11.5 Å². The maximum atomic E-state index is 13.5. The van der Waals surface area contributed by atoms with Crippen LogP contribution >= 0.6 is 0 Å². The van der Waals surface area contributed by atoms with Gasteiger partial charge in [-0.3, -0.25) is 20.4 Å². The molecule has 2 rings (SSSR count). The maximum Gasteiger partial charge on any atom is 0.279 e. The predicted octanol–water partition coefficient (Wildman–Crippen LogP) is 2.76. The average Bonchev–Trinajstić information content (AvgIpc) is 2.63. The minimum absolute atomic E-state index is 0.105. The fourth-order valence-corrected chi connectivity index (χ4v) is 2.07. The van der Waals surface area contributed by atoms with Crippen molar-refractivity contribution in [2.45, 2.75) is 26.9 Å². The molecule has 2 amide bonds. The third kappa shape index (κ3) is 5.20. The lowest BCUT2D eigenvalue weighted by Crippen LogP contribution is -2.47. The van der Waals surface area contributed by atoms with Crippen LogP contribution in [0, 0.1) is 12.7 Å². The summed E-state index contributed by atoms with van der Waals surface area (Å²) in [5.41, 5.74) is 5.03. The lowest BCUT2D eigenvalue weighted by atomic mass is 10.1. The van der Waals surface area contributed by atoms with Crippen LogP contribution in [-0.4, -0.2) is 24.5 Å². The van der Waals surface area contributed by atoms with Crippen molar-refractivity contribution in [3.63, 3.8) is 0 Å². The Morgan fingerprint density at radius 2 is 1.73 bits per heavy atom. The highest BCUT2D eigenvalue weighted by atomic mass is 19.1. The SMILES string of the molecule is CCOc1ccc(OC(C)C(=O)NNC(=O)c2ccc(C)c(F)c2)cc1. The Kier molecular flexibility index (Phi) is 6.54. The van der Waals surface area contributed by atoms with E-state index in [1.165, 1.54) is 12.1 Å². The van der Waals surface area contributed by atoms with Gasteiger partial charge in [0.15, 0.2) is 6.10 Å². The van der Waals surface area contributed by atoms with Gasteiger partial charge in [-0.15, -0.1) is 0 Å². The molecule has 6 nitrogen and oxygen atoms in total. The molecular weight excluding hydrogens is 339 g/mol. The molecule has 1 unspecified atom stereocenters. The summed E-state index contributed by atoms with van der Waals surface area (Å²) in [7, 11) is 0. The second-order valence-electron chi connectivity index (χ2n) is 5.57. The summed E-state index contributed by atoms with van der Waals surface area (Å²) in [6.45, 7) is 5.59. The van der Waals surface area contributed by atoms with E-state index in [1.54, 1.807) is 38.1 Å². The molecule has 1 atom stereocenters. The van der Waals surface area contributed by atoms with E-state index >= 15 is 0 Å². The first kappa shape index (κ1) is 19.2. The summed E-state index contributed by atoms with van der Waals surface area (Å²) in [4.78, 5) is 24.0. The van der Waals surface area contributed by atoms with E-state index in [4.69, 9.17) is 9.47 Å². The smallest absolute Gasteiger partial charge is 0.279 e. The first-order valence-corrected chi connectivity index (χ1v) is 8.16. The van der Waals surface area contributed by atoms with Crippen LogP contribution in [0.2, 0.25) is 0 Å². The zero-order chi connectivity index (χ0) is 19.1. The minimum atomic E-state index is -0.844. The van der Waals surface area contributed by atoms with Gasteiger partial charge in [0.25, 0.3) is 11.8 Å². The normalized spacial score (nSPS) is 11.4. The van der Waals surface area contributed by atoms with E-state index < -0.39 is 23.7 Å². The van der Waals surface area contributed by atoms with E-state index in [0.29, 0.717) is 23.7 Å². The van der Waals surface area contributed by atoms with Gasteiger partial charge < -0.3 is 9.47 Å². The van der Waals surface area contributed by atoms with Crippen LogP contribution < -0.4 is 20.3 Å². The first-order valence-electron chi connectivity index (χ1n) is 8.16. The van der Waals surface area contributed by atoms with Gasteiger partial charge in [0, 0.05) is 5.56 Å². The molecule has 26 heavy (non-hydrogen) atoms. The number of benzene rings is 2. The van der Waals surface area contributed by atoms with E-state index in [2.05, 4.69) is 10.9 Å². The fraction of sp³-hybridized carbons (Fsp3) is 0.263. The molecule has 0 heterocycles. The molecule has 0 bridgehead atoms. The van der Waals surface area contributed by atoms with Crippen molar-refractivity contribution in [1.29, 1.82) is 0 Å². The molecule has 138 valence electrons. The molecule has 7 heteroatoms. The average molecular weight is 360 g/mol. The summed E-state index contributed by atoms with van der Waals surface area (Å²) < 4.78 is 24.3. The number of carbonyl (C=O) groups is 2. The first-order chi connectivity index (χ1) is 12.4. The maximum absolute atomic E-state index is 13.5. The molecule has 0 saturated heterocycles. The van der Waals surface area contributed by atoms with Crippen molar-refractivity contribution >= 4 is 11.8 Å². The number of carbonyl (C=O) groups excluding carboxylic acids is 2. The molecule has 2 aromatic carbocycles. The molecule has 0 aliphatic heterocycles. The lowest BCUT2D eigenvalue weighted by molar-refractivity contribution is -0.128. The second-order valence-corrected chi connectivity index (χ2v) is 5.57. The van der Waals surface area contributed by atoms with E-state index in [9.17, 15) is 14.0 Å². The van der Waals surface area contributed by atoms with Crippen LogP contribution in [0.1, 0.15) is 29.8 Å². The summed E-state index contributed by atoms with van der Waals surface area (Å²) in [5, 5.41) is 0. The van der Waals surface area contributed by atoms with Gasteiger partial charge in [-0.1, -0.05) is 6.07 Å². The summed E-state index contributed by atoms with van der Waals surface area (Å²) in [6.07, 6.45) is -0.844. The molecule has 0 saturated carbocycles. The number of hydrazine groups is 1. The van der Waals surface area contributed by atoms with E-state index in [1.807, 2.05) is 6.92 Å². The molecule has 0 aromatic heterocycles. The van der Waals surface area contributed by atoms with Gasteiger partial charge in [0.1, 0.15) is 17.3 Å². The number of amides is 2. The van der Waals surface area contributed by atoms with Gasteiger partial charge in [-0.25, -0.2) is 4.39 Å². The third-order valence-corrected chi connectivity index (χ3v) is 3.55. The summed E-state index contributed by atoms with van der Waals surface area (Å²) >= 11 is 0. The predicted molar refractivity (Wildman–Crippen MR) is 94.4 cm³/mol. The molecule has 0 radical (unpaired) electrons. The van der Waals surface area contributed by atoms with Gasteiger partial charge in [0.05, 0.1) is 6.61 Å². The molecule has 2 aromatic rings. The Balaban J connectivity index is 1.86. The zero-order valence-corrected chi connectivity index (χ0v) is 14.8. The lowest BCUT2D eigenvalue weighted by Gasteiger charge is -2.15. The largest absolute Gasteiger partial charge is 0.494 e. The van der Waals surface area contributed by atoms with Crippen LogP contribution in [0.4, 0.5) is 4.39 Å². The van der Waals surface area contributed by atoms with Gasteiger partial charge in [-0.2, -0.15) is 0 Å². The Bertz CT molecular complexity index is 778. The van der Waals surface area contributed by atoms with Crippen molar-refractivity contribution < 1.29 is 23.5 Å². The Morgan fingerprint density at radius 1 is 1.08 bits per heavy atom. The molecule has 0 fully saturated rings. The summed E-state index contributed by atoms with van der Waals surface area (Å²) in [6, 6.07) is 10.9. The molecule has 0 aliphatic carbocycles. The van der Waals surface area contributed by atoms with Gasteiger partial charge >= 0.3 is 0 Å². The molecule has 0 aliphatic rings. The van der Waals surface area contributed by atoms with Gasteiger partial charge in [0.2, 0.25) is 0 Å². The fourth-order valence-electron chi connectivity index (χ4n) is 2.07. The Labute approximate surface area is 151 Å². The molecular formula is C19H21FN2O4. The van der Waals surface area contributed by atoms with Gasteiger partial charge in [-0.05, 0) is 62.7 Å². The van der Waals surface area contributed by atoms with Crippen molar-refractivity contribution in [3.8, 4) is 11.5 Å². The van der Waals surface area contributed by atoms with Crippen LogP contribution in [0.3, 0.4) is 0 Å². The highest BCUT2D eigenvalue weighted by molar-refractivity contribution is 5.95. The standard InChI is InChI=1S/C19H21FN2O4/c1-4-25-15-7-9-16(10-8-15)26-13(3)18(23)21-22-19(24)14-6-5-12(2)17(20)11-14/h5-11,13H,4H2,1-3H3,(H,21,23)(H,22,24). The molecule has 0 spiro atoms. The quantitative estimate of drug-likeness (QED) is 0.777. The number of aryl methyl sites for hydroxylation is 1. The number of hydrogen-bond acceptors (Lipinski definition) is 4. The Morgan fingerprint density at radius 3 is 2.35 bits per heavy atom. The van der Waals surface area contributed by atoms with Crippen molar-refractivity contribution in [2.24, 2.45) is 0 Å². The third-order valence-electron chi connectivity index (χ3n) is 3.55. The highest BCUT2D eigenvalue weighted by Gasteiger charge is 2.16. The second kappa shape index (κ2) is 8.84. The van der Waals surface area contributed by atoms with E-state index in [0.717, 1.165) is 6.07 Å². The zero-order valence-electron chi connectivity index (χ0n) is 14.8. The number of halogens is 1. The highest BCUT2D eigenvalue weighted by Crippen LogP contribution is 2.18. The topological polar surface area (TPSA) is 76.7 Å². The van der Waals surface area contributed by atoms with Crippen LogP contribution in [-0.2, 0) is 4.79 Å². The molecule has 2 N–H and O–H groups in total. The number of ether oxygens (including phenoxy) is 2. The minimum Gasteiger partial charge on any atom is -0.494 e. The van der Waals surface area contributed by atoms with Crippen LogP contribution in [0.25, 0.3) is 0 Å². The van der Waals surface area contributed by atoms with Crippen molar-refractivity contribution in [1.82, 2.24) is 10.9 Å². The van der Waals surface area contributed by atoms with Crippen molar-refractivity contribution in [3.05, 3.63) is 59.4 Å². The van der Waals surface area contributed by atoms with E-state index in [-0.39, 0.29) is 5.56 Å². The Hall–Kier alpha value is -3.09. The number of hydrogen-bond donors (Lipinski definition) is 2. The van der Waals surface area contributed by atoms with Crippen molar-refractivity contribution in [2.75, 3.05) is 6.61 Å². The van der Waals surface area contributed by atoms with Crippen LogP contribution in [0.15, 0.2) is 42.5 Å².